The summed E-state index contributed by atoms with van der Waals surface area (Å²) in [5.41, 5.74) is 0.266. The van der Waals surface area contributed by atoms with Gasteiger partial charge in [0.05, 0.1) is 20.8 Å². The summed E-state index contributed by atoms with van der Waals surface area (Å²) in [4.78, 5) is 21.3. The zero-order chi connectivity index (χ0) is 14.8. The summed E-state index contributed by atoms with van der Waals surface area (Å²) in [5, 5.41) is 0. The molecule has 0 amide bonds. The fraction of sp³-hybridized carbons (Fsp3) is 0.500. The Hall–Kier alpha value is -1.79. The van der Waals surface area contributed by atoms with Crippen LogP contribution in [0.1, 0.15) is 23.7 Å². The maximum Gasteiger partial charge on any atom is 0.376 e. The molecule has 0 atom stereocenters. The van der Waals surface area contributed by atoms with Gasteiger partial charge in [0.25, 0.3) is 0 Å². The van der Waals surface area contributed by atoms with Crippen molar-refractivity contribution in [1.82, 2.24) is 0 Å². The van der Waals surface area contributed by atoms with Gasteiger partial charge < -0.3 is 14.2 Å². The third-order valence-corrected chi connectivity index (χ3v) is 2.42. The first-order valence-electron chi connectivity index (χ1n) is 6.36. The van der Waals surface area contributed by atoms with Gasteiger partial charge in [-0.1, -0.05) is 6.92 Å². The highest BCUT2D eigenvalue weighted by Crippen LogP contribution is 2.25. The van der Waals surface area contributed by atoms with Crippen molar-refractivity contribution >= 4 is 5.97 Å². The first-order valence-corrected chi connectivity index (χ1v) is 6.36. The Bertz CT molecular complexity index is 418. The number of methoxy groups -OCH3 is 2. The first-order chi connectivity index (χ1) is 9.72. The summed E-state index contributed by atoms with van der Waals surface area (Å²) in [6.45, 7) is 3.23. The third-order valence-electron chi connectivity index (χ3n) is 2.42. The van der Waals surface area contributed by atoms with Gasteiger partial charge in [-0.3, -0.25) is 4.89 Å². The topological polar surface area (TPSA) is 63.2 Å². The molecule has 0 aliphatic carbocycles. The van der Waals surface area contributed by atoms with Crippen LogP contribution >= 0.6 is 0 Å². The first kappa shape index (κ1) is 16.3. The van der Waals surface area contributed by atoms with E-state index in [0.29, 0.717) is 24.7 Å². The highest BCUT2D eigenvalue weighted by atomic mass is 17.2. The van der Waals surface area contributed by atoms with Gasteiger partial charge >= 0.3 is 5.97 Å². The summed E-state index contributed by atoms with van der Waals surface area (Å²) in [6, 6.07) is 4.79. The molecule has 112 valence electrons. The van der Waals surface area contributed by atoms with Crippen LogP contribution in [0.2, 0.25) is 0 Å². The van der Waals surface area contributed by atoms with Crippen molar-refractivity contribution in [3.05, 3.63) is 23.8 Å². The normalized spacial score (nSPS) is 10.2. The average molecular weight is 284 g/mol. The molecule has 0 saturated heterocycles. The van der Waals surface area contributed by atoms with Crippen molar-refractivity contribution in [2.45, 2.75) is 13.3 Å². The van der Waals surface area contributed by atoms with E-state index in [0.717, 1.165) is 6.42 Å². The molecule has 0 radical (unpaired) electrons. The number of carbonyl (C=O) groups excluding carboxylic acids is 1. The van der Waals surface area contributed by atoms with Crippen molar-refractivity contribution in [2.24, 2.45) is 0 Å². The minimum absolute atomic E-state index is 0.185. The summed E-state index contributed by atoms with van der Waals surface area (Å²) >= 11 is 0. The number of benzene rings is 1. The molecule has 0 aliphatic rings. The number of carbonyl (C=O) groups is 1. The van der Waals surface area contributed by atoms with Crippen LogP contribution in [0, 0.1) is 0 Å². The summed E-state index contributed by atoms with van der Waals surface area (Å²) in [7, 11) is 3.00. The van der Waals surface area contributed by atoms with Gasteiger partial charge in [-0.15, -0.1) is 0 Å². The van der Waals surface area contributed by atoms with Crippen LogP contribution in [-0.4, -0.2) is 40.0 Å². The lowest BCUT2D eigenvalue weighted by molar-refractivity contribution is -0.247. The molecule has 0 aliphatic heterocycles. The lowest BCUT2D eigenvalue weighted by Crippen LogP contribution is -2.11. The standard InChI is InChI=1S/C14H20O6/c1-4-7-18-8-9-19-20-14(15)12-6-5-11(16-2)10-13(12)17-3/h5-6,10H,4,7-9H2,1-3H3. The van der Waals surface area contributed by atoms with Crippen LogP contribution in [0.5, 0.6) is 11.5 Å². The van der Waals surface area contributed by atoms with Crippen molar-refractivity contribution in [3.63, 3.8) is 0 Å². The molecular weight excluding hydrogens is 264 g/mol. The monoisotopic (exact) mass is 284 g/mol. The van der Waals surface area contributed by atoms with E-state index in [2.05, 4.69) is 4.89 Å². The number of ether oxygens (including phenoxy) is 3. The van der Waals surface area contributed by atoms with E-state index in [1.54, 1.807) is 18.2 Å². The summed E-state index contributed by atoms with van der Waals surface area (Å²) in [6.07, 6.45) is 0.933. The van der Waals surface area contributed by atoms with E-state index in [9.17, 15) is 4.79 Å². The molecule has 0 spiro atoms. The molecule has 6 nitrogen and oxygen atoms in total. The van der Waals surface area contributed by atoms with Gasteiger partial charge in [0.2, 0.25) is 0 Å². The molecule has 6 heteroatoms. The van der Waals surface area contributed by atoms with Crippen LogP contribution in [-0.2, 0) is 14.5 Å². The van der Waals surface area contributed by atoms with Crippen LogP contribution < -0.4 is 9.47 Å². The Balaban J connectivity index is 2.46. The number of hydrogen-bond donors (Lipinski definition) is 0. The highest BCUT2D eigenvalue weighted by Gasteiger charge is 2.15. The Kier molecular flexibility index (Phi) is 7.46. The number of hydrogen-bond acceptors (Lipinski definition) is 6. The molecule has 1 aromatic carbocycles. The fourth-order valence-electron chi connectivity index (χ4n) is 1.45. The minimum atomic E-state index is -0.625. The second-order valence-electron chi connectivity index (χ2n) is 3.87. The molecule has 1 rings (SSSR count). The van der Waals surface area contributed by atoms with E-state index < -0.39 is 5.97 Å². The van der Waals surface area contributed by atoms with E-state index >= 15 is 0 Å². The number of rotatable bonds is 9. The largest absolute Gasteiger partial charge is 0.497 e. The third kappa shape index (κ3) is 5.07. The average Bonchev–Trinajstić information content (AvgIpc) is 2.49. The van der Waals surface area contributed by atoms with Crippen LogP contribution in [0.4, 0.5) is 0 Å². The Labute approximate surface area is 118 Å². The molecule has 1 aromatic rings. The van der Waals surface area contributed by atoms with E-state index in [4.69, 9.17) is 19.1 Å². The van der Waals surface area contributed by atoms with Gasteiger partial charge in [0, 0.05) is 12.7 Å². The molecule has 0 bridgehead atoms. The Morgan fingerprint density at radius 1 is 1.10 bits per heavy atom. The van der Waals surface area contributed by atoms with Gasteiger partial charge in [0.15, 0.2) is 0 Å². The summed E-state index contributed by atoms with van der Waals surface area (Å²) < 4.78 is 15.3. The molecule has 0 fully saturated rings. The Morgan fingerprint density at radius 2 is 1.90 bits per heavy atom. The van der Waals surface area contributed by atoms with Gasteiger partial charge in [-0.05, 0) is 18.6 Å². The molecular formula is C14H20O6. The van der Waals surface area contributed by atoms with Crippen LogP contribution in [0.3, 0.4) is 0 Å². The quantitative estimate of drug-likeness (QED) is 0.393. The van der Waals surface area contributed by atoms with Crippen LogP contribution in [0.25, 0.3) is 0 Å². The van der Waals surface area contributed by atoms with Crippen molar-refractivity contribution in [3.8, 4) is 11.5 Å². The van der Waals surface area contributed by atoms with Crippen molar-refractivity contribution in [1.29, 1.82) is 0 Å². The SMILES string of the molecule is CCCOCCOOC(=O)c1ccc(OC)cc1OC. The van der Waals surface area contributed by atoms with Crippen molar-refractivity contribution in [2.75, 3.05) is 34.0 Å². The Morgan fingerprint density at radius 3 is 2.55 bits per heavy atom. The second kappa shape index (κ2) is 9.17. The maximum atomic E-state index is 11.8. The molecule has 0 aromatic heterocycles. The van der Waals surface area contributed by atoms with Crippen LogP contribution in [0.15, 0.2) is 18.2 Å². The summed E-state index contributed by atoms with van der Waals surface area (Å²) in [5.74, 6) is 0.326. The zero-order valence-electron chi connectivity index (χ0n) is 12.0. The predicted molar refractivity (Wildman–Crippen MR) is 72.0 cm³/mol. The van der Waals surface area contributed by atoms with Gasteiger partial charge in [-0.2, -0.15) is 4.89 Å². The van der Waals surface area contributed by atoms with Gasteiger partial charge in [0.1, 0.15) is 23.7 Å². The molecule has 0 unspecified atom stereocenters. The van der Waals surface area contributed by atoms with E-state index in [-0.39, 0.29) is 12.2 Å². The molecule has 0 heterocycles. The fourth-order valence-corrected chi connectivity index (χ4v) is 1.45. The zero-order valence-corrected chi connectivity index (χ0v) is 12.0. The van der Waals surface area contributed by atoms with Gasteiger partial charge in [-0.25, -0.2) is 4.79 Å². The molecule has 0 N–H and O–H groups in total. The van der Waals surface area contributed by atoms with Crippen molar-refractivity contribution < 1.29 is 28.8 Å². The predicted octanol–water partition coefficient (Wildman–Crippen LogP) is 2.22. The maximum absolute atomic E-state index is 11.8. The molecule has 20 heavy (non-hydrogen) atoms. The smallest absolute Gasteiger partial charge is 0.376 e. The van der Waals surface area contributed by atoms with E-state index in [1.807, 2.05) is 6.92 Å². The minimum Gasteiger partial charge on any atom is -0.497 e. The molecule has 0 saturated carbocycles. The highest BCUT2D eigenvalue weighted by molar-refractivity contribution is 5.92. The second-order valence-corrected chi connectivity index (χ2v) is 3.87. The lowest BCUT2D eigenvalue weighted by atomic mass is 10.2. The van der Waals surface area contributed by atoms with E-state index in [1.165, 1.54) is 14.2 Å². The lowest BCUT2D eigenvalue weighted by Gasteiger charge is -2.09.